The molecule has 0 spiro atoms. The number of hydrogen-bond acceptors (Lipinski definition) is 4. The molecule has 1 heterocycles. The Labute approximate surface area is 116 Å². The van der Waals surface area contributed by atoms with E-state index in [0.29, 0.717) is 11.3 Å². The van der Waals surface area contributed by atoms with Gasteiger partial charge in [-0.25, -0.2) is 9.59 Å². The largest absolute Gasteiger partial charge is 0.508 e. The highest BCUT2D eigenvalue weighted by Gasteiger charge is 2.40. The molecule has 20 heavy (non-hydrogen) atoms. The number of nitrogens with zero attached hydrogens (tertiary/aromatic N) is 1. The highest BCUT2D eigenvalue weighted by Crippen LogP contribution is 2.36. The van der Waals surface area contributed by atoms with Crippen molar-refractivity contribution in [2.45, 2.75) is 38.8 Å². The summed E-state index contributed by atoms with van der Waals surface area (Å²) in [6.07, 6.45) is -0.529. The number of hydrogen-bond donors (Lipinski definition) is 2. The first-order valence-electron chi connectivity index (χ1n) is 6.26. The molecule has 0 fully saturated rings. The summed E-state index contributed by atoms with van der Waals surface area (Å²) in [6, 6.07) is 3.45. The van der Waals surface area contributed by atoms with E-state index in [-0.39, 0.29) is 12.2 Å². The lowest BCUT2D eigenvalue weighted by molar-refractivity contribution is -0.138. The van der Waals surface area contributed by atoms with Gasteiger partial charge in [-0.05, 0) is 32.4 Å². The van der Waals surface area contributed by atoms with Gasteiger partial charge in [0.05, 0.1) is 5.69 Å². The summed E-state index contributed by atoms with van der Waals surface area (Å²) < 4.78 is 5.24. The van der Waals surface area contributed by atoms with Crippen molar-refractivity contribution in [3.05, 3.63) is 23.8 Å². The van der Waals surface area contributed by atoms with Gasteiger partial charge in [-0.2, -0.15) is 0 Å². The Kier molecular flexibility index (Phi) is 3.33. The molecule has 0 aliphatic carbocycles. The van der Waals surface area contributed by atoms with E-state index in [1.54, 1.807) is 26.8 Å². The standard InChI is InChI=1S/C14H17NO5/c1-14(2,3)20-13(19)15-10-7-9(16)5-4-8(10)6-11(15)12(17)18/h4-5,7,11,16H,6H2,1-3H3,(H,17,18)/t11-/m1/s1. The number of aromatic hydroxyl groups is 1. The number of carboxylic acid groups (broad SMARTS) is 1. The van der Waals surface area contributed by atoms with E-state index >= 15 is 0 Å². The third kappa shape index (κ3) is 2.68. The van der Waals surface area contributed by atoms with E-state index in [2.05, 4.69) is 0 Å². The van der Waals surface area contributed by atoms with Gasteiger partial charge in [-0.3, -0.25) is 4.90 Å². The maximum Gasteiger partial charge on any atom is 0.415 e. The first-order valence-corrected chi connectivity index (χ1v) is 6.26. The molecule has 0 radical (unpaired) electrons. The predicted molar refractivity (Wildman–Crippen MR) is 71.9 cm³/mol. The zero-order valence-corrected chi connectivity index (χ0v) is 11.6. The summed E-state index contributed by atoms with van der Waals surface area (Å²) in [4.78, 5) is 24.6. The highest BCUT2D eigenvalue weighted by atomic mass is 16.6. The van der Waals surface area contributed by atoms with Crippen LogP contribution in [0.5, 0.6) is 5.75 Å². The van der Waals surface area contributed by atoms with Crippen molar-refractivity contribution in [2.24, 2.45) is 0 Å². The van der Waals surface area contributed by atoms with Gasteiger partial charge in [0.25, 0.3) is 0 Å². The molecule has 1 aliphatic heterocycles. The molecule has 108 valence electrons. The van der Waals surface area contributed by atoms with Gasteiger partial charge in [0.2, 0.25) is 0 Å². The van der Waals surface area contributed by atoms with Crippen LogP contribution in [0.3, 0.4) is 0 Å². The third-order valence-corrected chi connectivity index (χ3v) is 2.93. The summed E-state index contributed by atoms with van der Waals surface area (Å²) >= 11 is 0. The zero-order chi connectivity index (χ0) is 15.1. The van der Waals surface area contributed by atoms with E-state index in [1.807, 2.05) is 0 Å². The molecule has 2 N–H and O–H groups in total. The van der Waals surface area contributed by atoms with Crippen molar-refractivity contribution >= 4 is 17.7 Å². The molecule has 6 heteroatoms. The monoisotopic (exact) mass is 279 g/mol. The van der Waals surface area contributed by atoms with E-state index in [9.17, 15) is 19.8 Å². The van der Waals surface area contributed by atoms with Gasteiger partial charge < -0.3 is 14.9 Å². The van der Waals surface area contributed by atoms with Gasteiger partial charge in [0.15, 0.2) is 0 Å². The fourth-order valence-corrected chi connectivity index (χ4v) is 2.15. The molecule has 0 aromatic heterocycles. The van der Waals surface area contributed by atoms with E-state index in [4.69, 9.17) is 4.74 Å². The summed E-state index contributed by atoms with van der Waals surface area (Å²) in [5.74, 6) is -1.13. The number of aliphatic carboxylic acids is 1. The summed E-state index contributed by atoms with van der Waals surface area (Å²) in [5.41, 5.74) is 0.354. The normalized spacial score (nSPS) is 17.8. The minimum Gasteiger partial charge on any atom is -0.508 e. The van der Waals surface area contributed by atoms with Crippen LogP contribution < -0.4 is 4.90 Å². The molecule has 1 atom stereocenters. The number of rotatable bonds is 1. The van der Waals surface area contributed by atoms with Crippen LogP contribution in [0.2, 0.25) is 0 Å². The Morgan fingerprint density at radius 1 is 1.35 bits per heavy atom. The number of ether oxygens (including phenoxy) is 1. The molecule has 1 amide bonds. The van der Waals surface area contributed by atoms with Crippen molar-refractivity contribution in [2.75, 3.05) is 4.90 Å². The number of phenols is 1. The second-order valence-electron chi connectivity index (χ2n) is 5.72. The number of carbonyl (C=O) groups excluding carboxylic acids is 1. The lowest BCUT2D eigenvalue weighted by Gasteiger charge is -2.27. The summed E-state index contributed by atoms with van der Waals surface area (Å²) in [7, 11) is 0. The van der Waals surface area contributed by atoms with Crippen LogP contribution in [0.15, 0.2) is 18.2 Å². The Morgan fingerprint density at radius 3 is 2.55 bits per heavy atom. The molecule has 1 aliphatic rings. The average molecular weight is 279 g/mol. The number of amides is 1. The Balaban J connectivity index is 2.39. The van der Waals surface area contributed by atoms with Crippen molar-refractivity contribution in [1.29, 1.82) is 0 Å². The van der Waals surface area contributed by atoms with Gasteiger partial charge in [-0.1, -0.05) is 6.07 Å². The lowest BCUT2D eigenvalue weighted by Crippen LogP contribution is -2.45. The average Bonchev–Trinajstić information content (AvgIpc) is 2.65. The van der Waals surface area contributed by atoms with Gasteiger partial charge >= 0.3 is 12.1 Å². The van der Waals surface area contributed by atoms with Crippen molar-refractivity contribution in [1.82, 2.24) is 0 Å². The Bertz CT molecular complexity index is 561. The number of carbonyl (C=O) groups is 2. The molecule has 1 aromatic carbocycles. The molecule has 0 bridgehead atoms. The van der Waals surface area contributed by atoms with E-state index < -0.39 is 23.7 Å². The quantitative estimate of drug-likeness (QED) is 0.822. The number of anilines is 1. The number of phenolic OH excluding ortho intramolecular Hbond substituents is 1. The van der Waals surface area contributed by atoms with E-state index in [1.165, 1.54) is 12.1 Å². The van der Waals surface area contributed by atoms with E-state index in [0.717, 1.165) is 4.90 Å². The summed E-state index contributed by atoms with van der Waals surface area (Å²) in [5, 5.41) is 18.8. The lowest BCUT2D eigenvalue weighted by atomic mass is 10.1. The first kappa shape index (κ1) is 14.2. The first-order chi connectivity index (χ1) is 9.19. The van der Waals surface area contributed by atoms with Gasteiger partial charge in [0.1, 0.15) is 17.4 Å². The van der Waals surface area contributed by atoms with Gasteiger partial charge in [0, 0.05) is 12.5 Å². The zero-order valence-electron chi connectivity index (χ0n) is 11.6. The minimum atomic E-state index is -1.11. The fraction of sp³-hybridized carbons (Fsp3) is 0.429. The summed E-state index contributed by atoms with van der Waals surface area (Å²) in [6.45, 7) is 5.13. The van der Waals surface area contributed by atoms with Crippen molar-refractivity contribution in [3.63, 3.8) is 0 Å². The molecule has 2 rings (SSSR count). The van der Waals surface area contributed by atoms with Crippen LogP contribution in [0.1, 0.15) is 26.3 Å². The Morgan fingerprint density at radius 2 is 2.00 bits per heavy atom. The van der Waals surface area contributed by atoms with Crippen molar-refractivity contribution < 1.29 is 24.5 Å². The van der Waals surface area contributed by atoms with Crippen LogP contribution in [-0.2, 0) is 16.0 Å². The Hall–Kier alpha value is -2.24. The second-order valence-corrected chi connectivity index (χ2v) is 5.72. The molecular weight excluding hydrogens is 262 g/mol. The molecule has 6 nitrogen and oxygen atoms in total. The topological polar surface area (TPSA) is 87.1 Å². The molecule has 0 unspecified atom stereocenters. The third-order valence-electron chi connectivity index (χ3n) is 2.93. The van der Waals surface area contributed by atoms with Crippen LogP contribution in [-0.4, -0.2) is 33.9 Å². The maximum absolute atomic E-state index is 12.2. The maximum atomic E-state index is 12.2. The minimum absolute atomic E-state index is 0.0247. The number of benzene rings is 1. The van der Waals surface area contributed by atoms with Gasteiger partial charge in [-0.15, -0.1) is 0 Å². The SMILES string of the molecule is CC(C)(C)OC(=O)N1c2cc(O)ccc2C[C@@H]1C(=O)O. The molecular formula is C14H17NO5. The predicted octanol–water partition coefficient (Wildman–Crippen LogP) is 2.14. The molecule has 0 saturated carbocycles. The van der Waals surface area contributed by atoms with Crippen LogP contribution in [0.4, 0.5) is 10.5 Å². The van der Waals surface area contributed by atoms with Crippen LogP contribution in [0.25, 0.3) is 0 Å². The fourth-order valence-electron chi connectivity index (χ4n) is 2.15. The number of carboxylic acids is 1. The number of fused-ring (bicyclic) bond motifs is 1. The van der Waals surface area contributed by atoms with Crippen molar-refractivity contribution in [3.8, 4) is 5.75 Å². The molecule has 0 saturated heterocycles. The van der Waals surface area contributed by atoms with Crippen LogP contribution >= 0.6 is 0 Å². The smallest absolute Gasteiger partial charge is 0.415 e. The second kappa shape index (κ2) is 4.70. The molecule has 1 aromatic rings. The highest BCUT2D eigenvalue weighted by molar-refractivity contribution is 5.98. The van der Waals surface area contributed by atoms with Crippen LogP contribution in [0, 0.1) is 0 Å².